The van der Waals surface area contributed by atoms with Gasteiger partial charge >= 0.3 is 0 Å². The van der Waals surface area contributed by atoms with Gasteiger partial charge in [-0.25, -0.2) is 9.97 Å². The van der Waals surface area contributed by atoms with E-state index in [0.29, 0.717) is 16.6 Å². The molecule has 2 heterocycles. The summed E-state index contributed by atoms with van der Waals surface area (Å²) in [4.78, 5) is 11.8. The van der Waals surface area contributed by atoms with E-state index in [1.807, 2.05) is 54.6 Å². The second-order valence-electron chi connectivity index (χ2n) is 5.68. The average molecular weight is 362 g/mol. The molecule has 2 N–H and O–H groups in total. The SMILES string of the molecule is C[C@H](Sc1nc2ccccc2o1)C(O)=C(C#N)c1nc2ccccc2[nH]1. The first-order valence-corrected chi connectivity index (χ1v) is 8.84. The Balaban J connectivity index is 1.66. The number of thioether (sulfide) groups is 1. The third kappa shape index (κ3) is 2.91. The number of aliphatic hydroxyl groups excluding tert-OH is 1. The molecular formula is C19H14N4O2S. The Bertz CT molecular complexity index is 1100. The first-order chi connectivity index (χ1) is 12.7. The number of aromatic nitrogens is 3. The molecule has 0 fully saturated rings. The zero-order valence-corrected chi connectivity index (χ0v) is 14.6. The van der Waals surface area contributed by atoms with Crippen molar-refractivity contribution < 1.29 is 9.52 Å². The van der Waals surface area contributed by atoms with Crippen molar-refractivity contribution in [2.45, 2.75) is 17.4 Å². The van der Waals surface area contributed by atoms with Gasteiger partial charge in [0.25, 0.3) is 5.22 Å². The van der Waals surface area contributed by atoms with Crippen molar-refractivity contribution in [1.82, 2.24) is 15.0 Å². The molecule has 0 amide bonds. The van der Waals surface area contributed by atoms with Crippen molar-refractivity contribution in [2.75, 3.05) is 0 Å². The van der Waals surface area contributed by atoms with E-state index in [1.165, 1.54) is 11.8 Å². The zero-order chi connectivity index (χ0) is 18.1. The summed E-state index contributed by atoms with van der Waals surface area (Å²) >= 11 is 1.24. The van der Waals surface area contributed by atoms with E-state index >= 15 is 0 Å². The van der Waals surface area contributed by atoms with Gasteiger partial charge in [-0.15, -0.1) is 0 Å². The van der Waals surface area contributed by atoms with Gasteiger partial charge in [0.15, 0.2) is 11.4 Å². The van der Waals surface area contributed by atoms with Crippen molar-refractivity contribution in [3.63, 3.8) is 0 Å². The molecular weight excluding hydrogens is 348 g/mol. The first kappa shape index (κ1) is 16.2. The van der Waals surface area contributed by atoms with E-state index in [4.69, 9.17) is 4.42 Å². The monoisotopic (exact) mass is 362 g/mol. The minimum atomic E-state index is -0.425. The van der Waals surface area contributed by atoms with Crippen molar-refractivity contribution in [1.29, 1.82) is 5.26 Å². The topological polar surface area (TPSA) is 98.7 Å². The summed E-state index contributed by atoms with van der Waals surface area (Å²) in [7, 11) is 0. The van der Waals surface area contributed by atoms with Crippen LogP contribution < -0.4 is 0 Å². The summed E-state index contributed by atoms with van der Waals surface area (Å²) < 4.78 is 5.67. The number of hydrogen-bond acceptors (Lipinski definition) is 6. The van der Waals surface area contributed by atoms with Gasteiger partial charge in [-0.2, -0.15) is 5.26 Å². The van der Waals surface area contributed by atoms with Crippen LogP contribution in [0.25, 0.3) is 27.7 Å². The molecule has 0 bridgehead atoms. The van der Waals surface area contributed by atoms with Gasteiger partial charge in [-0.1, -0.05) is 36.0 Å². The molecule has 2 aromatic heterocycles. The van der Waals surface area contributed by atoms with Crippen molar-refractivity contribution >= 4 is 39.5 Å². The maximum absolute atomic E-state index is 10.6. The third-order valence-electron chi connectivity index (χ3n) is 3.93. The molecule has 0 unspecified atom stereocenters. The third-order valence-corrected chi connectivity index (χ3v) is 4.88. The Morgan fingerprint density at radius 2 is 1.88 bits per heavy atom. The van der Waals surface area contributed by atoms with Gasteiger partial charge in [-0.05, 0) is 31.2 Å². The lowest BCUT2D eigenvalue weighted by Gasteiger charge is -2.09. The molecule has 26 heavy (non-hydrogen) atoms. The quantitative estimate of drug-likeness (QED) is 0.311. The summed E-state index contributed by atoms with van der Waals surface area (Å²) in [6.45, 7) is 1.79. The summed E-state index contributed by atoms with van der Waals surface area (Å²) in [6.07, 6.45) is 0. The minimum absolute atomic E-state index is 0.0705. The summed E-state index contributed by atoms with van der Waals surface area (Å²) in [5, 5.41) is 20.1. The number of imidazole rings is 1. The number of aliphatic hydroxyl groups is 1. The van der Waals surface area contributed by atoms with Crippen LogP contribution in [-0.4, -0.2) is 25.3 Å². The van der Waals surface area contributed by atoms with Crippen molar-refractivity contribution in [3.05, 3.63) is 60.1 Å². The van der Waals surface area contributed by atoms with Gasteiger partial charge in [0.2, 0.25) is 0 Å². The lowest BCUT2D eigenvalue weighted by atomic mass is 10.2. The van der Waals surface area contributed by atoms with Crippen LogP contribution in [0.15, 0.2) is 63.9 Å². The Labute approximate surface area is 153 Å². The number of hydrogen-bond donors (Lipinski definition) is 2. The van der Waals surface area contributed by atoms with Crippen LogP contribution in [0.3, 0.4) is 0 Å². The molecule has 6 nitrogen and oxygen atoms in total. The van der Waals surface area contributed by atoms with Gasteiger partial charge in [0.1, 0.15) is 22.9 Å². The number of allylic oxidation sites excluding steroid dienone is 1. The van der Waals surface area contributed by atoms with E-state index in [2.05, 4.69) is 15.0 Å². The number of fused-ring (bicyclic) bond motifs is 2. The largest absolute Gasteiger partial charge is 0.510 e. The number of oxazole rings is 1. The first-order valence-electron chi connectivity index (χ1n) is 7.96. The highest BCUT2D eigenvalue weighted by Gasteiger charge is 2.21. The average Bonchev–Trinajstić information content (AvgIpc) is 3.25. The van der Waals surface area contributed by atoms with Crippen LogP contribution in [-0.2, 0) is 0 Å². The Kier molecular flexibility index (Phi) is 4.11. The Hall–Kier alpha value is -3.24. The van der Waals surface area contributed by atoms with Gasteiger partial charge in [0, 0.05) is 0 Å². The maximum Gasteiger partial charge on any atom is 0.257 e. The fraction of sp³-hybridized carbons (Fsp3) is 0.105. The molecule has 4 aromatic rings. The lowest BCUT2D eigenvalue weighted by molar-refractivity contribution is 0.400. The van der Waals surface area contributed by atoms with E-state index in [-0.39, 0.29) is 11.3 Å². The number of nitrogens with one attached hydrogen (secondary N) is 1. The smallest absolute Gasteiger partial charge is 0.257 e. The number of para-hydroxylation sites is 4. The highest BCUT2D eigenvalue weighted by molar-refractivity contribution is 7.99. The molecule has 2 aromatic carbocycles. The summed E-state index contributed by atoms with van der Waals surface area (Å²) in [5.74, 6) is 0.273. The molecule has 0 saturated carbocycles. The molecule has 0 saturated heterocycles. The van der Waals surface area contributed by atoms with Gasteiger partial charge in [-0.3, -0.25) is 0 Å². The standard InChI is InChI=1S/C19H14N4O2S/c1-11(26-19-23-15-8-4-5-9-16(15)25-19)17(24)12(10-20)18-21-13-6-2-3-7-14(13)22-18/h2-9,11,24H,1H3,(H,21,22)/t11-/m0/s1. The highest BCUT2D eigenvalue weighted by atomic mass is 32.2. The number of rotatable bonds is 4. The van der Waals surface area contributed by atoms with Gasteiger partial charge in [0.05, 0.1) is 16.3 Å². The molecule has 0 aliphatic heterocycles. The molecule has 0 aliphatic rings. The van der Waals surface area contributed by atoms with Crippen LogP contribution in [0, 0.1) is 11.3 Å². The van der Waals surface area contributed by atoms with Crippen LogP contribution in [0.5, 0.6) is 0 Å². The molecule has 0 radical (unpaired) electrons. The van der Waals surface area contributed by atoms with E-state index < -0.39 is 5.25 Å². The van der Waals surface area contributed by atoms with Crippen LogP contribution in [0.1, 0.15) is 12.7 Å². The van der Waals surface area contributed by atoms with Crippen LogP contribution in [0.4, 0.5) is 0 Å². The Morgan fingerprint density at radius 1 is 1.15 bits per heavy atom. The number of H-pyrrole nitrogens is 1. The summed E-state index contributed by atoms with van der Waals surface area (Å²) in [6, 6.07) is 17.0. The van der Waals surface area contributed by atoms with Crippen LogP contribution >= 0.6 is 11.8 Å². The fourth-order valence-electron chi connectivity index (χ4n) is 2.61. The molecule has 1 atom stereocenters. The fourth-order valence-corrected chi connectivity index (χ4v) is 3.44. The molecule has 128 valence electrons. The van der Waals surface area contributed by atoms with Crippen molar-refractivity contribution in [2.24, 2.45) is 0 Å². The lowest BCUT2D eigenvalue weighted by Crippen LogP contribution is -2.04. The van der Waals surface area contributed by atoms with E-state index in [1.54, 1.807) is 6.92 Å². The second-order valence-corrected chi connectivity index (χ2v) is 6.97. The molecule has 4 rings (SSSR count). The van der Waals surface area contributed by atoms with Gasteiger partial charge < -0.3 is 14.5 Å². The van der Waals surface area contributed by atoms with E-state index in [0.717, 1.165) is 16.6 Å². The number of aromatic amines is 1. The zero-order valence-electron chi connectivity index (χ0n) is 13.8. The maximum atomic E-state index is 10.6. The molecule has 0 aliphatic carbocycles. The Morgan fingerprint density at radius 3 is 2.62 bits per heavy atom. The number of nitriles is 1. The number of nitrogens with zero attached hydrogens (tertiary/aromatic N) is 3. The van der Waals surface area contributed by atoms with Crippen molar-refractivity contribution in [3.8, 4) is 6.07 Å². The second kappa shape index (κ2) is 6.58. The van der Waals surface area contributed by atoms with Crippen LogP contribution in [0.2, 0.25) is 0 Å². The molecule has 7 heteroatoms. The minimum Gasteiger partial charge on any atom is -0.510 e. The predicted molar refractivity (Wildman–Crippen MR) is 101 cm³/mol. The predicted octanol–water partition coefficient (Wildman–Crippen LogP) is 4.68. The highest BCUT2D eigenvalue weighted by Crippen LogP contribution is 2.31. The number of benzene rings is 2. The summed E-state index contributed by atoms with van der Waals surface area (Å²) in [5.41, 5.74) is 3.09. The normalized spacial score (nSPS) is 13.5. The molecule has 0 spiro atoms. The van der Waals surface area contributed by atoms with E-state index in [9.17, 15) is 10.4 Å².